The van der Waals surface area contributed by atoms with Gasteiger partial charge in [-0.2, -0.15) is 0 Å². The van der Waals surface area contributed by atoms with Gasteiger partial charge in [0.15, 0.2) is 0 Å². The Morgan fingerprint density at radius 3 is 2.73 bits per heavy atom. The van der Waals surface area contributed by atoms with E-state index in [0.717, 1.165) is 69.0 Å². The van der Waals surface area contributed by atoms with Crippen LogP contribution in [0, 0.1) is 0 Å². The van der Waals surface area contributed by atoms with Crippen molar-refractivity contribution in [1.29, 1.82) is 0 Å². The molecule has 2 aliphatic heterocycles. The Labute approximate surface area is 187 Å². The first-order valence-corrected chi connectivity index (χ1v) is 11.1. The smallest absolute Gasteiger partial charge is 0.270 e. The summed E-state index contributed by atoms with van der Waals surface area (Å²) in [6.45, 7) is 5.69. The largest absolute Gasteiger partial charge is 0.498 e. The SMILES string of the molecule is O=C1C=CC2=CCC(OCCCCN3CCN(c4cccc(Cl)c4Cl)CC3)=CC2=N1. The molecule has 0 saturated carbocycles. The molecule has 2 heterocycles. The van der Waals surface area contributed by atoms with E-state index in [9.17, 15) is 4.79 Å². The van der Waals surface area contributed by atoms with Crippen molar-refractivity contribution in [3.05, 3.63) is 63.9 Å². The first kappa shape index (κ1) is 21.2. The quantitative estimate of drug-likeness (QED) is 0.572. The Kier molecular flexibility index (Phi) is 6.93. The van der Waals surface area contributed by atoms with Crippen molar-refractivity contribution < 1.29 is 9.53 Å². The number of benzene rings is 1. The van der Waals surface area contributed by atoms with E-state index >= 15 is 0 Å². The Morgan fingerprint density at radius 1 is 1.07 bits per heavy atom. The molecule has 0 radical (unpaired) electrons. The summed E-state index contributed by atoms with van der Waals surface area (Å²) in [6.07, 6.45) is 10.1. The highest BCUT2D eigenvalue weighted by Crippen LogP contribution is 2.32. The number of hydrogen-bond donors (Lipinski definition) is 0. The lowest BCUT2D eigenvalue weighted by Crippen LogP contribution is -2.46. The molecular formula is C23H25Cl2N3O2. The van der Waals surface area contributed by atoms with Crippen molar-refractivity contribution in [2.45, 2.75) is 19.3 Å². The van der Waals surface area contributed by atoms with Crippen LogP contribution in [0.2, 0.25) is 10.0 Å². The number of ether oxygens (including phenoxy) is 1. The summed E-state index contributed by atoms with van der Waals surface area (Å²) in [5.41, 5.74) is 2.73. The number of piperazine rings is 1. The molecule has 7 heteroatoms. The maximum Gasteiger partial charge on any atom is 0.270 e. The van der Waals surface area contributed by atoms with E-state index < -0.39 is 0 Å². The van der Waals surface area contributed by atoms with Gasteiger partial charge >= 0.3 is 0 Å². The van der Waals surface area contributed by atoms with Crippen LogP contribution in [0.5, 0.6) is 0 Å². The van der Waals surface area contributed by atoms with Crippen LogP contribution < -0.4 is 4.90 Å². The number of carbonyl (C=O) groups is 1. The van der Waals surface area contributed by atoms with Gasteiger partial charge in [0, 0.05) is 44.8 Å². The van der Waals surface area contributed by atoms with Crippen LogP contribution in [0.15, 0.2) is 58.8 Å². The van der Waals surface area contributed by atoms with Gasteiger partial charge in [-0.15, -0.1) is 0 Å². The van der Waals surface area contributed by atoms with Gasteiger partial charge in [-0.3, -0.25) is 9.69 Å². The average Bonchev–Trinajstić information content (AvgIpc) is 2.76. The topological polar surface area (TPSA) is 45.1 Å². The number of dihydropyridines is 1. The summed E-state index contributed by atoms with van der Waals surface area (Å²) in [5.74, 6) is 0.671. The maximum absolute atomic E-state index is 11.4. The van der Waals surface area contributed by atoms with Crippen LogP contribution in [0.3, 0.4) is 0 Å². The van der Waals surface area contributed by atoms with Crippen LogP contribution >= 0.6 is 23.2 Å². The molecule has 0 spiro atoms. The average molecular weight is 446 g/mol. The Bertz CT molecular complexity index is 928. The molecular weight excluding hydrogens is 421 g/mol. The van der Waals surface area contributed by atoms with Gasteiger partial charge in [-0.25, -0.2) is 4.99 Å². The third-order valence-electron chi connectivity index (χ3n) is 5.55. The molecule has 0 unspecified atom stereocenters. The number of aliphatic imine (C=N–C) groups is 1. The van der Waals surface area contributed by atoms with Gasteiger partial charge in [0.1, 0.15) is 5.76 Å². The maximum atomic E-state index is 11.4. The molecule has 4 rings (SSSR count). The molecule has 0 atom stereocenters. The van der Waals surface area contributed by atoms with E-state index in [2.05, 4.69) is 20.9 Å². The molecule has 3 aliphatic rings. The second-order valence-electron chi connectivity index (χ2n) is 7.60. The number of amides is 1. The Balaban J connectivity index is 1.15. The van der Waals surface area contributed by atoms with Gasteiger partial charge in [0.05, 0.1) is 28.1 Å². The lowest BCUT2D eigenvalue weighted by atomic mass is 10.00. The van der Waals surface area contributed by atoms with Crippen molar-refractivity contribution in [3.8, 4) is 0 Å². The van der Waals surface area contributed by atoms with Crippen LogP contribution in [0.4, 0.5) is 5.69 Å². The number of hydrogen-bond acceptors (Lipinski definition) is 4. The highest BCUT2D eigenvalue weighted by Gasteiger charge is 2.19. The summed E-state index contributed by atoms with van der Waals surface area (Å²) in [7, 11) is 0. The van der Waals surface area contributed by atoms with Crippen molar-refractivity contribution in [2.75, 3.05) is 44.2 Å². The molecule has 1 fully saturated rings. The van der Waals surface area contributed by atoms with E-state index in [1.807, 2.05) is 30.4 Å². The third kappa shape index (κ3) is 5.15. The molecule has 1 aromatic carbocycles. The zero-order chi connectivity index (χ0) is 20.9. The van der Waals surface area contributed by atoms with Crippen LogP contribution in [-0.2, 0) is 9.53 Å². The van der Waals surface area contributed by atoms with Crippen LogP contribution in [-0.4, -0.2) is 55.8 Å². The highest BCUT2D eigenvalue weighted by molar-refractivity contribution is 6.43. The Morgan fingerprint density at radius 2 is 1.90 bits per heavy atom. The summed E-state index contributed by atoms with van der Waals surface area (Å²) in [4.78, 5) is 20.2. The van der Waals surface area contributed by atoms with E-state index in [-0.39, 0.29) is 5.91 Å². The summed E-state index contributed by atoms with van der Waals surface area (Å²) in [6, 6.07) is 5.80. The number of fused-ring (bicyclic) bond motifs is 1. The zero-order valence-electron chi connectivity index (χ0n) is 16.8. The molecule has 1 aliphatic carbocycles. The predicted octanol–water partition coefficient (Wildman–Crippen LogP) is 4.66. The first-order chi connectivity index (χ1) is 14.6. The monoisotopic (exact) mass is 445 g/mol. The fraction of sp³-hybridized carbons (Fsp3) is 0.391. The lowest BCUT2D eigenvalue weighted by molar-refractivity contribution is -0.113. The van der Waals surface area contributed by atoms with E-state index in [0.29, 0.717) is 22.4 Å². The molecule has 1 aromatic rings. The number of carbonyl (C=O) groups excluding carboxylic acids is 1. The molecule has 1 amide bonds. The summed E-state index contributed by atoms with van der Waals surface area (Å²) in [5, 5.41) is 1.25. The number of allylic oxidation sites excluding steroid dienone is 4. The van der Waals surface area contributed by atoms with E-state index in [4.69, 9.17) is 27.9 Å². The number of nitrogens with zero attached hydrogens (tertiary/aromatic N) is 3. The molecule has 1 saturated heterocycles. The Hall–Kier alpha value is -2.08. The summed E-state index contributed by atoms with van der Waals surface area (Å²) < 4.78 is 5.90. The number of anilines is 1. The van der Waals surface area contributed by atoms with E-state index in [1.165, 1.54) is 6.08 Å². The van der Waals surface area contributed by atoms with Gasteiger partial charge in [0.25, 0.3) is 5.91 Å². The fourth-order valence-corrected chi connectivity index (χ4v) is 4.28. The van der Waals surface area contributed by atoms with Crippen molar-refractivity contribution in [3.63, 3.8) is 0 Å². The first-order valence-electron chi connectivity index (χ1n) is 10.4. The van der Waals surface area contributed by atoms with Gasteiger partial charge < -0.3 is 9.64 Å². The number of halogens is 2. The molecule has 158 valence electrons. The third-order valence-corrected chi connectivity index (χ3v) is 6.36. The molecule has 0 N–H and O–H groups in total. The highest BCUT2D eigenvalue weighted by atomic mass is 35.5. The lowest BCUT2D eigenvalue weighted by Gasteiger charge is -2.36. The van der Waals surface area contributed by atoms with Gasteiger partial charge in [-0.05, 0) is 43.2 Å². The van der Waals surface area contributed by atoms with Crippen molar-refractivity contribution in [1.82, 2.24) is 4.90 Å². The van der Waals surface area contributed by atoms with Crippen LogP contribution in [0.1, 0.15) is 19.3 Å². The predicted molar refractivity (Wildman–Crippen MR) is 123 cm³/mol. The minimum atomic E-state index is -0.211. The van der Waals surface area contributed by atoms with E-state index in [1.54, 1.807) is 0 Å². The second-order valence-corrected chi connectivity index (χ2v) is 8.39. The standard InChI is InChI=1S/C23H25Cl2N3O2/c24-19-4-3-5-21(23(19)25)28-13-11-27(12-14-28)10-1-2-15-30-18-8-6-17-7-9-22(29)26-20(17)16-18/h3-7,9,16H,1-2,8,10-15H2. The number of unbranched alkanes of at least 4 members (excludes halogenated alkanes) is 1. The summed E-state index contributed by atoms with van der Waals surface area (Å²) >= 11 is 12.5. The molecule has 0 aromatic heterocycles. The normalized spacial score (nSPS) is 19.2. The molecule has 0 bridgehead atoms. The molecule has 5 nitrogen and oxygen atoms in total. The molecule has 30 heavy (non-hydrogen) atoms. The van der Waals surface area contributed by atoms with Crippen molar-refractivity contribution in [2.24, 2.45) is 4.99 Å². The van der Waals surface area contributed by atoms with Gasteiger partial charge in [0.2, 0.25) is 0 Å². The fourth-order valence-electron chi connectivity index (χ4n) is 3.87. The van der Waals surface area contributed by atoms with Crippen LogP contribution in [0.25, 0.3) is 0 Å². The minimum Gasteiger partial charge on any atom is -0.498 e. The van der Waals surface area contributed by atoms with Crippen molar-refractivity contribution >= 4 is 40.5 Å². The second kappa shape index (κ2) is 9.82. The number of rotatable bonds is 7. The van der Waals surface area contributed by atoms with Gasteiger partial charge in [-0.1, -0.05) is 35.3 Å². The minimum absolute atomic E-state index is 0.211. The zero-order valence-corrected chi connectivity index (χ0v) is 18.3.